The van der Waals surface area contributed by atoms with E-state index < -0.39 is 0 Å². The zero-order valence-electron chi connectivity index (χ0n) is 18.8. The molecule has 0 spiro atoms. The molecule has 1 amide bonds. The van der Waals surface area contributed by atoms with Gasteiger partial charge in [-0.3, -0.25) is 9.36 Å². The van der Waals surface area contributed by atoms with E-state index in [9.17, 15) is 4.79 Å². The summed E-state index contributed by atoms with van der Waals surface area (Å²) in [7, 11) is 0. The van der Waals surface area contributed by atoms with Crippen molar-refractivity contribution in [2.24, 2.45) is 0 Å². The van der Waals surface area contributed by atoms with E-state index >= 15 is 0 Å². The number of nitrogens with zero attached hydrogens (tertiary/aromatic N) is 4. The third-order valence-electron chi connectivity index (χ3n) is 5.74. The summed E-state index contributed by atoms with van der Waals surface area (Å²) in [6, 6.07) is 20.2. The van der Waals surface area contributed by atoms with E-state index in [4.69, 9.17) is 4.42 Å². The fourth-order valence-electron chi connectivity index (χ4n) is 4.12. The van der Waals surface area contributed by atoms with Crippen LogP contribution in [0.25, 0.3) is 11.4 Å². The molecule has 0 saturated heterocycles. The van der Waals surface area contributed by atoms with Gasteiger partial charge in [0.05, 0.1) is 29.3 Å². The molecule has 1 aliphatic rings. The highest BCUT2D eigenvalue weighted by Crippen LogP contribution is 2.43. The maximum absolute atomic E-state index is 13.7. The second-order valence-electron chi connectivity index (χ2n) is 7.85. The SMILES string of the molecule is C=CCn1c(SCC(=O)N2c3ccccc3SC[C@@H]2c2ccccc2)nnc1-c1ccoc1C. The van der Waals surface area contributed by atoms with E-state index in [2.05, 4.69) is 35.0 Å². The molecule has 0 fully saturated rings. The first-order chi connectivity index (χ1) is 16.7. The van der Waals surface area contributed by atoms with Crippen molar-refractivity contribution in [2.75, 3.05) is 16.4 Å². The summed E-state index contributed by atoms with van der Waals surface area (Å²) >= 11 is 3.19. The Morgan fingerprint density at radius 1 is 1.18 bits per heavy atom. The van der Waals surface area contributed by atoms with Gasteiger partial charge in [0.2, 0.25) is 5.91 Å². The number of rotatable bonds is 7. The monoisotopic (exact) mass is 488 g/mol. The smallest absolute Gasteiger partial charge is 0.238 e. The molecule has 34 heavy (non-hydrogen) atoms. The third-order valence-corrected chi connectivity index (χ3v) is 7.83. The van der Waals surface area contributed by atoms with Gasteiger partial charge in [0, 0.05) is 17.2 Å². The van der Waals surface area contributed by atoms with E-state index in [1.807, 2.05) is 58.9 Å². The van der Waals surface area contributed by atoms with Crippen molar-refractivity contribution in [1.29, 1.82) is 0 Å². The maximum Gasteiger partial charge on any atom is 0.238 e. The number of para-hydroxylation sites is 1. The minimum Gasteiger partial charge on any atom is -0.469 e. The summed E-state index contributed by atoms with van der Waals surface area (Å²) in [6.07, 6.45) is 3.45. The summed E-state index contributed by atoms with van der Waals surface area (Å²) in [5.41, 5.74) is 2.98. The largest absolute Gasteiger partial charge is 0.469 e. The lowest BCUT2D eigenvalue weighted by Crippen LogP contribution is -2.39. The Balaban J connectivity index is 1.43. The normalized spacial score (nSPS) is 15.2. The Bertz CT molecular complexity index is 1320. The lowest BCUT2D eigenvalue weighted by molar-refractivity contribution is -0.116. The minimum atomic E-state index is -0.0237. The van der Waals surface area contributed by atoms with Crippen molar-refractivity contribution >= 4 is 35.1 Å². The van der Waals surface area contributed by atoms with Gasteiger partial charge < -0.3 is 9.32 Å². The fourth-order valence-corrected chi connectivity index (χ4v) is 6.09. The van der Waals surface area contributed by atoms with Crippen LogP contribution in [0.4, 0.5) is 5.69 Å². The summed E-state index contributed by atoms with van der Waals surface area (Å²) in [6.45, 7) is 6.31. The molecule has 4 aromatic rings. The van der Waals surface area contributed by atoms with E-state index in [0.29, 0.717) is 17.5 Å². The van der Waals surface area contributed by atoms with E-state index in [1.165, 1.54) is 11.8 Å². The van der Waals surface area contributed by atoms with Crippen LogP contribution in [0.15, 0.2) is 94.1 Å². The number of aromatic nitrogens is 3. The highest BCUT2D eigenvalue weighted by atomic mass is 32.2. The van der Waals surface area contributed by atoms with Crippen LogP contribution in [0, 0.1) is 6.92 Å². The Kier molecular flexibility index (Phi) is 6.60. The number of furan rings is 1. The molecule has 0 aliphatic carbocycles. The van der Waals surface area contributed by atoms with Gasteiger partial charge in [-0.1, -0.05) is 60.3 Å². The van der Waals surface area contributed by atoms with Crippen molar-refractivity contribution in [3.05, 3.63) is 90.9 Å². The van der Waals surface area contributed by atoms with Crippen molar-refractivity contribution in [2.45, 2.75) is 29.6 Å². The minimum absolute atomic E-state index is 0.0237. The van der Waals surface area contributed by atoms with Crippen LogP contribution in [0.1, 0.15) is 17.4 Å². The molecular formula is C26H24N4O2S2. The van der Waals surface area contributed by atoms with Crippen LogP contribution in [0.3, 0.4) is 0 Å². The molecule has 1 atom stereocenters. The number of fused-ring (bicyclic) bond motifs is 1. The number of hydrogen-bond donors (Lipinski definition) is 0. The number of amides is 1. The van der Waals surface area contributed by atoms with Crippen LogP contribution >= 0.6 is 23.5 Å². The molecule has 2 aromatic carbocycles. The molecule has 0 N–H and O–H groups in total. The number of allylic oxidation sites excluding steroid dienone is 1. The van der Waals surface area contributed by atoms with Gasteiger partial charge >= 0.3 is 0 Å². The number of aryl methyl sites for hydroxylation is 1. The number of thioether (sulfide) groups is 2. The number of hydrogen-bond acceptors (Lipinski definition) is 6. The topological polar surface area (TPSA) is 64.2 Å². The first-order valence-corrected chi connectivity index (χ1v) is 12.9. The summed E-state index contributed by atoms with van der Waals surface area (Å²) < 4.78 is 7.42. The molecule has 0 radical (unpaired) electrons. The molecular weight excluding hydrogens is 464 g/mol. The van der Waals surface area contributed by atoms with Crippen LogP contribution < -0.4 is 4.90 Å². The lowest BCUT2D eigenvalue weighted by atomic mass is 10.1. The van der Waals surface area contributed by atoms with Crippen molar-refractivity contribution in [3.8, 4) is 11.4 Å². The zero-order valence-corrected chi connectivity index (χ0v) is 20.4. The van der Waals surface area contributed by atoms with E-state index in [-0.39, 0.29) is 17.7 Å². The van der Waals surface area contributed by atoms with Crippen molar-refractivity contribution < 1.29 is 9.21 Å². The van der Waals surface area contributed by atoms with Gasteiger partial charge in [-0.25, -0.2) is 0 Å². The van der Waals surface area contributed by atoms with Crippen LogP contribution in [0.5, 0.6) is 0 Å². The maximum atomic E-state index is 13.7. The fraction of sp³-hybridized carbons (Fsp3) is 0.192. The van der Waals surface area contributed by atoms with E-state index in [0.717, 1.165) is 33.2 Å². The molecule has 172 valence electrons. The van der Waals surface area contributed by atoms with Gasteiger partial charge in [0.1, 0.15) is 5.76 Å². The predicted molar refractivity (Wildman–Crippen MR) is 137 cm³/mol. The number of carbonyl (C=O) groups is 1. The Labute approximate surface area is 207 Å². The number of anilines is 1. The summed E-state index contributed by atoms with van der Waals surface area (Å²) in [4.78, 5) is 16.8. The van der Waals surface area contributed by atoms with Crippen LogP contribution in [0.2, 0.25) is 0 Å². The molecule has 8 heteroatoms. The lowest BCUT2D eigenvalue weighted by Gasteiger charge is -2.37. The highest BCUT2D eigenvalue weighted by Gasteiger charge is 2.32. The van der Waals surface area contributed by atoms with Crippen molar-refractivity contribution in [3.63, 3.8) is 0 Å². The standard InChI is InChI=1S/C26H24N4O2S2/c1-3-14-29-25(20-13-15-32-18(20)2)27-28-26(29)34-17-24(31)30-21-11-7-8-12-23(21)33-16-22(30)19-9-5-4-6-10-19/h3-13,15,22H,1,14,16-17H2,2H3/t22-/m1/s1. The average molecular weight is 489 g/mol. The highest BCUT2D eigenvalue weighted by molar-refractivity contribution is 8.00. The Hall–Kier alpha value is -3.23. The van der Waals surface area contributed by atoms with Crippen molar-refractivity contribution in [1.82, 2.24) is 14.8 Å². The second kappa shape index (κ2) is 9.95. The third kappa shape index (κ3) is 4.31. The van der Waals surface area contributed by atoms with Gasteiger partial charge in [-0.2, -0.15) is 0 Å². The van der Waals surface area contributed by atoms with Gasteiger partial charge in [0.15, 0.2) is 11.0 Å². The van der Waals surface area contributed by atoms with Gasteiger partial charge in [-0.15, -0.1) is 28.5 Å². The number of benzene rings is 2. The van der Waals surface area contributed by atoms with Gasteiger partial charge in [0.25, 0.3) is 0 Å². The first-order valence-electron chi connectivity index (χ1n) is 11.0. The molecule has 0 bridgehead atoms. The Morgan fingerprint density at radius 2 is 1.97 bits per heavy atom. The molecule has 1 aliphatic heterocycles. The number of carbonyl (C=O) groups excluding carboxylic acids is 1. The second-order valence-corrected chi connectivity index (χ2v) is 9.86. The quantitative estimate of drug-likeness (QED) is 0.235. The molecule has 0 unspecified atom stereocenters. The summed E-state index contributed by atoms with van der Waals surface area (Å²) in [5.74, 6) is 2.60. The molecule has 5 rings (SSSR count). The average Bonchev–Trinajstić information content (AvgIpc) is 3.48. The molecule has 3 heterocycles. The van der Waals surface area contributed by atoms with Crippen LogP contribution in [-0.2, 0) is 11.3 Å². The summed E-state index contributed by atoms with van der Waals surface area (Å²) in [5, 5.41) is 9.45. The molecule has 6 nitrogen and oxygen atoms in total. The Morgan fingerprint density at radius 3 is 2.74 bits per heavy atom. The van der Waals surface area contributed by atoms with Gasteiger partial charge in [-0.05, 0) is 30.7 Å². The molecule has 0 saturated carbocycles. The van der Waals surface area contributed by atoms with E-state index in [1.54, 1.807) is 24.1 Å². The van der Waals surface area contributed by atoms with Crippen LogP contribution in [-0.4, -0.2) is 32.2 Å². The molecule has 2 aromatic heterocycles. The first kappa shape index (κ1) is 22.6. The predicted octanol–water partition coefficient (Wildman–Crippen LogP) is 6.00. The zero-order chi connectivity index (χ0) is 23.5.